The normalized spacial score (nSPS) is 10.9. The van der Waals surface area contributed by atoms with E-state index in [2.05, 4.69) is 4.74 Å². The third kappa shape index (κ3) is 5.17. The Morgan fingerprint density at radius 3 is 2.58 bits per heavy atom. The van der Waals surface area contributed by atoms with E-state index in [1.165, 1.54) is 42.5 Å². The van der Waals surface area contributed by atoms with Crippen LogP contribution in [0.1, 0.15) is 21.7 Å². The van der Waals surface area contributed by atoms with Crippen molar-refractivity contribution in [3.63, 3.8) is 0 Å². The molecular formula is C15H16ClF3N2O3. The van der Waals surface area contributed by atoms with Crippen molar-refractivity contribution in [2.45, 2.75) is 19.5 Å². The van der Waals surface area contributed by atoms with Crippen LogP contribution in [0.5, 0.6) is 5.75 Å². The molecule has 0 fully saturated rings. The lowest BCUT2D eigenvalue weighted by Gasteiger charge is -2.19. The molecule has 0 spiro atoms. The minimum atomic E-state index is -4.79. The summed E-state index contributed by atoms with van der Waals surface area (Å²) in [6.45, 7) is 0.105. The number of carbonyl (C=O) groups is 1. The highest BCUT2D eigenvalue weighted by Gasteiger charge is 2.32. The van der Waals surface area contributed by atoms with Crippen LogP contribution in [-0.4, -0.2) is 24.2 Å². The Balaban J connectivity index is 0.00000288. The highest BCUT2D eigenvalue weighted by Crippen LogP contribution is 2.27. The van der Waals surface area contributed by atoms with Crippen molar-refractivity contribution < 1.29 is 27.1 Å². The molecule has 1 heterocycles. The van der Waals surface area contributed by atoms with Crippen LogP contribution in [-0.2, 0) is 13.1 Å². The molecule has 0 saturated heterocycles. The van der Waals surface area contributed by atoms with Crippen molar-refractivity contribution in [2.24, 2.45) is 5.73 Å². The number of hydrogen-bond acceptors (Lipinski definition) is 4. The maximum absolute atomic E-state index is 12.4. The minimum Gasteiger partial charge on any atom is -0.467 e. The van der Waals surface area contributed by atoms with E-state index in [4.69, 9.17) is 10.2 Å². The summed E-state index contributed by atoms with van der Waals surface area (Å²) in [6.07, 6.45) is -3.53. The maximum Gasteiger partial charge on any atom is 0.573 e. The number of ether oxygens (including phenoxy) is 1. The highest BCUT2D eigenvalue weighted by molar-refractivity contribution is 5.93. The van der Waals surface area contributed by atoms with Crippen molar-refractivity contribution >= 4 is 18.3 Å². The van der Waals surface area contributed by atoms with Gasteiger partial charge in [0.1, 0.15) is 17.8 Å². The van der Waals surface area contributed by atoms with E-state index < -0.39 is 12.3 Å². The first-order valence-electron chi connectivity index (χ1n) is 6.66. The Morgan fingerprint density at radius 1 is 1.33 bits per heavy atom. The second kappa shape index (κ2) is 8.07. The second-order valence-corrected chi connectivity index (χ2v) is 4.82. The summed E-state index contributed by atoms with van der Waals surface area (Å²) >= 11 is 0. The first-order chi connectivity index (χ1) is 10.8. The number of rotatable bonds is 5. The summed E-state index contributed by atoms with van der Waals surface area (Å²) < 4.78 is 46.2. The van der Waals surface area contributed by atoms with Gasteiger partial charge >= 0.3 is 6.36 Å². The van der Waals surface area contributed by atoms with Gasteiger partial charge in [-0.2, -0.15) is 0 Å². The third-order valence-corrected chi connectivity index (χ3v) is 3.05. The fourth-order valence-electron chi connectivity index (χ4n) is 2.01. The molecule has 0 saturated carbocycles. The molecule has 24 heavy (non-hydrogen) atoms. The zero-order chi connectivity index (χ0) is 17.0. The van der Waals surface area contributed by atoms with Crippen LogP contribution in [0.4, 0.5) is 13.2 Å². The molecule has 0 unspecified atom stereocenters. The second-order valence-electron chi connectivity index (χ2n) is 4.82. The molecule has 0 bridgehead atoms. The smallest absolute Gasteiger partial charge is 0.467 e. The molecule has 0 aliphatic carbocycles. The highest BCUT2D eigenvalue weighted by atomic mass is 35.5. The van der Waals surface area contributed by atoms with Crippen molar-refractivity contribution in [3.05, 3.63) is 53.5 Å². The Labute approximate surface area is 142 Å². The van der Waals surface area contributed by atoms with Gasteiger partial charge < -0.3 is 19.8 Å². The number of furan rings is 1. The van der Waals surface area contributed by atoms with Crippen LogP contribution in [0, 0.1) is 0 Å². The van der Waals surface area contributed by atoms with Crippen molar-refractivity contribution in [2.75, 3.05) is 7.05 Å². The average Bonchev–Trinajstić information content (AvgIpc) is 2.96. The third-order valence-electron chi connectivity index (χ3n) is 3.05. The first kappa shape index (κ1) is 19.9. The number of alkyl halides is 3. The SMILES string of the molecule is CN(Cc1ccccc1OC(F)(F)F)C(=O)c1coc(CN)c1.Cl. The summed E-state index contributed by atoms with van der Waals surface area (Å²) in [4.78, 5) is 13.5. The van der Waals surface area contributed by atoms with Gasteiger partial charge in [0.25, 0.3) is 5.91 Å². The van der Waals surface area contributed by atoms with E-state index in [1.54, 1.807) is 6.07 Å². The van der Waals surface area contributed by atoms with Gasteiger partial charge in [-0.05, 0) is 12.1 Å². The lowest BCUT2D eigenvalue weighted by atomic mass is 10.2. The maximum atomic E-state index is 12.4. The van der Waals surface area contributed by atoms with Gasteiger partial charge in [-0.25, -0.2) is 0 Å². The molecular weight excluding hydrogens is 349 g/mol. The minimum absolute atomic E-state index is 0. The van der Waals surface area contributed by atoms with E-state index in [1.807, 2.05) is 0 Å². The summed E-state index contributed by atoms with van der Waals surface area (Å²) in [5.41, 5.74) is 5.92. The van der Waals surface area contributed by atoms with Gasteiger partial charge in [0.05, 0.1) is 12.1 Å². The van der Waals surface area contributed by atoms with Crippen LogP contribution in [0.15, 0.2) is 41.0 Å². The number of halogens is 4. The van der Waals surface area contributed by atoms with Gasteiger partial charge in [0.15, 0.2) is 0 Å². The molecule has 2 N–H and O–H groups in total. The van der Waals surface area contributed by atoms with E-state index in [9.17, 15) is 18.0 Å². The van der Waals surface area contributed by atoms with E-state index in [0.717, 1.165) is 0 Å². The summed E-state index contributed by atoms with van der Waals surface area (Å²) in [5, 5.41) is 0. The summed E-state index contributed by atoms with van der Waals surface area (Å²) in [5.74, 6) is -0.285. The Morgan fingerprint density at radius 2 is 2.00 bits per heavy atom. The summed E-state index contributed by atoms with van der Waals surface area (Å²) in [6, 6.07) is 7.16. The van der Waals surface area contributed by atoms with Crippen LogP contribution in [0.25, 0.3) is 0 Å². The number of para-hydroxylation sites is 1. The quantitative estimate of drug-likeness (QED) is 0.883. The van der Waals surface area contributed by atoms with Crippen molar-refractivity contribution in [1.82, 2.24) is 4.90 Å². The predicted molar refractivity (Wildman–Crippen MR) is 82.8 cm³/mol. The molecule has 1 aromatic heterocycles. The Bertz CT molecular complexity index is 689. The molecule has 0 radical (unpaired) electrons. The van der Waals surface area contributed by atoms with Crippen molar-refractivity contribution in [3.8, 4) is 5.75 Å². The number of nitrogens with two attached hydrogens (primary N) is 1. The van der Waals surface area contributed by atoms with Crippen LogP contribution in [0.3, 0.4) is 0 Å². The molecule has 2 aromatic rings. The molecule has 0 atom stereocenters. The average molecular weight is 365 g/mol. The zero-order valence-electron chi connectivity index (χ0n) is 12.7. The molecule has 1 amide bonds. The molecule has 1 aromatic carbocycles. The van der Waals surface area contributed by atoms with Gasteiger partial charge in [0.2, 0.25) is 0 Å². The molecule has 0 aliphatic rings. The largest absolute Gasteiger partial charge is 0.573 e. The lowest BCUT2D eigenvalue weighted by molar-refractivity contribution is -0.275. The van der Waals surface area contributed by atoms with E-state index in [0.29, 0.717) is 5.76 Å². The van der Waals surface area contributed by atoms with E-state index >= 15 is 0 Å². The predicted octanol–water partition coefficient (Wildman–Crippen LogP) is 3.33. The van der Waals surface area contributed by atoms with Crippen LogP contribution >= 0.6 is 12.4 Å². The molecule has 132 valence electrons. The van der Waals surface area contributed by atoms with Crippen LogP contribution in [0.2, 0.25) is 0 Å². The van der Waals surface area contributed by atoms with E-state index in [-0.39, 0.29) is 42.4 Å². The topological polar surface area (TPSA) is 68.7 Å². The summed E-state index contributed by atoms with van der Waals surface area (Å²) in [7, 11) is 1.47. The van der Waals surface area contributed by atoms with Gasteiger partial charge in [-0.15, -0.1) is 25.6 Å². The monoisotopic (exact) mass is 364 g/mol. The molecule has 5 nitrogen and oxygen atoms in total. The van der Waals surface area contributed by atoms with Crippen LogP contribution < -0.4 is 10.5 Å². The number of hydrogen-bond donors (Lipinski definition) is 1. The first-order valence-corrected chi connectivity index (χ1v) is 6.66. The molecule has 9 heteroatoms. The fraction of sp³-hybridized carbons (Fsp3) is 0.267. The number of amides is 1. The molecule has 2 rings (SSSR count). The Hall–Kier alpha value is -2.19. The van der Waals surface area contributed by atoms with Gasteiger partial charge in [0, 0.05) is 19.2 Å². The Kier molecular flexibility index (Phi) is 6.68. The number of carbonyl (C=O) groups excluding carboxylic acids is 1. The number of benzene rings is 1. The fourth-order valence-corrected chi connectivity index (χ4v) is 2.01. The lowest BCUT2D eigenvalue weighted by Crippen LogP contribution is -2.26. The number of nitrogens with zero attached hydrogens (tertiary/aromatic N) is 1. The van der Waals surface area contributed by atoms with Gasteiger partial charge in [-0.3, -0.25) is 4.79 Å². The van der Waals surface area contributed by atoms with Crippen molar-refractivity contribution in [1.29, 1.82) is 0 Å². The standard InChI is InChI=1S/C15H15F3N2O3.ClH/c1-20(14(21)11-6-12(7-19)22-9-11)8-10-4-2-3-5-13(10)23-15(16,17)18;/h2-6,9H,7-8,19H2,1H3;1H. The molecule has 0 aliphatic heterocycles. The zero-order valence-corrected chi connectivity index (χ0v) is 13.5. The van der Waals surface area contributed by atoms with Gasteiger partial charge in [-0.1, -0.05) is 18.2 Å².